The Labute approximate surface area is 116 Å². The number of nitrogens with zero attached hydrogens (tertiary/aromatic N) is 1. The van der Waals surface area contributed by atoms with Gasteiger partial charge in [-0.2, -0.15) is 0 Å². The van der Waals surface area contributed by atoms with Crippen LogP contribution in [0.25, 0.3) is 0 Å². The molecule has 0 bridgehead atoms. The second-order valence-electron chi connectivity index (χ2n) is 4.96. The third-order valence-electron chi connectivity index (χ3n) is 3.45. The normalized spacial score (nSPS) is 17.5. The fourth-order valence-electron chi connectivity index (χ4n) is 2.43. The van der Waals surface area contributed by atoms with Crippen molar-refractivity contribution in [2.45, 2.75) is 25.8 Å². The fourth-order valence-corrected chi connectivity index (χ4v) is 3.32. The molecule has 0 radical (unpaired) electrons. The van der Waals surface area contributed by atoms with E-state index in [0.29, 0.717) is 17.2 Å². The van der Waals surface area contributed by atoms with Gasteiger partial charge in [0.1, 0.15) is 4.88 Å². The van der Waals surface area contributed by atoms with Gasteiger partial charge in [0.2, 0.25) is 5.91 Å². The molecule has 1 aliphatic rings. The minimum atomic E-state index is -0.864. The van der Waals surface area contributed by atoms with Gasteiger partial charge in [-0.15, -0.1) is 11.3 Å². The highest BCUT2D eigenvalue weighted by Gasteiger charge is 2.21. The van der Waals surface area contributed by atoms with Crippen molar-refractivity contribution in [3.63, 3.8) is 0 Å². The lowest BCUT2D eigenvalue weighted by Gasteiger charge is -2.31. The summed E-state index contributed by atoms with van der Waals surface area (Å²) in [6.07, 6.45) is 2.45. The highest BCUT2D eigenvalue weighted by molar-refractivity contribution is 7.13. The van der Waals surface area contributed by atoms with Gasteiger partial charge in [0.05, 0.1) is 0 Å². The van der Waals surface area contributed by atoms with Gasteiger partial charge in [0.15, 0.2) is 0 Å². The molecule has 1 amide bonds. The summed E-state index contributed by atoms with van der Waals surface area (Å²) in [5, 5.41) is 8.88. The SMILES string of the molecule is NC(=O)CC1CCN(Cc2ccc(C(=O)O)s2)CC1. The van der Waals surface area contributed by atoms with Crippen LogP contribution in [0.2, 0.25) is 0 Å². The number of carboxylic acid groups (broad SMARTS) is 1. The van der Waals surface area contributed by atoms with Gasteiger partial charge in [0.25, 0.3) is 0 Å². The number of carbonyl (C=O) groups excluding carboxylic acids is 1. The first-order valence-electron chi connectivity index (χ1n) is 6.37. The second kappa shape index (κ2) is 6.16. The third kappa shape index (κ3) is 4.04. The second-order valence-corrected chi connectivity index (χ2v) is 6.13. The van der Waals surface area contributed by atoms with Gasteiger partial charge < -0.3 is 10.8 Å². The summed E-state index contributed by atoms with van der Waals surface area (Å²) >= 11 is 1.33. The fraction of sp³-hybridized carbons (Fsp3) is 0.538. The number of rotatable bonds is 5. The number of amides is 1. The molecule has 0 saturated carbocycles. The molecule has 5 nitrogen and oxygen atoms in total. The predicted molar refractivity (Wildman–Crippen MR) is 73.1 cm³/mol. The van der Waals surface area contributed by atoms with Crippen molar-refractivity contribution in [2.75, 3.05) is 13.1 Å². The van der Waals surface area contributed by atoms with E-state index in [1.165, 1.54) is 11.3 Å². The Kier molecular flexibility index (Phi) is 4.55. The molecule has 1 saturated heterocycles. The maximum Gasteiger partial charge on any atom is 0.345 e. The number of carboxylic acids is 1. The Hall–Kier alpha value is -1.40. The van der Waals surface area contributed by atoms with Crippen LogP contribution in [0.15, 0.2) is 12.1 Å². The Morgan fingerprint density at radius 2 is 2.05 bits per heavy atom. The minimum Gasteiger partial charge on any atom is -0.477 e. The first-order valence-corrected chi connectivity index (χ1v) is 7.19. The van der Waals surface area contributed by atoms with E-state index in [-0.39, 0.29) is 5.91 Å². The van der Waals surface area contributed by atoms with Gasteiger partial charge in [-0.25, -0.2) is 4.79 Å². The molecule has 1 aromatic heterocycles. The third-order valence-corrected chi connectivity index (χ3v) is 4.51. The largest absolute Gasteiger partial charge is 0.477 e. The van der Waals surface area contributed by atoms with Crippen molar-refractivity contribution < 1.29 is 14.7 Å². The van der Waals surface area contributed by atoms with Crippen molar-refractivity contribution >= 4 is 23.2 Å². The van der Waals surface area contributed by atoms with E-state index in [9.17, 15) is 9.59 Å². The molecule has 0 unspecified atom stereocenters. The van der Waals surface area contributed by atoms with Crippen molar-refractivity contribution in [3.8, 4) is 0 Å². The number of hydrogen-bond acceptors (Lipinski definition) is 4. The number of hydrogen-bond donors (Lipinski definition) is 2. The van der Waals surface area contributed by atoms with Crippen molar-refractivity contribution in [3.05, 3.63) is 21.9 Å². The van der Waals surface area contributed by atoms with E-state index < -0.39 is 5.97 Å². The number of piperidine rings is 1. The van der Waals surface area contributed by atoms with Crippen LogP contribution >= 0.6 is 11.3 Å². The lowest BCUT2D eigenvalue weighted by Crippen LogP contribution is -2.34. The number of thiophene rings is 1. The topological polar surface area (TPSA) is 83.6 Å². The standard InChI is InChI=1S/C13H18N2O3S/c14-12(16)7-9-3-5-15(6-4-9)8-10-1-2-11(19-10)13(17)18/h1-2,9H,3-8H2,(H2,14,16)(H,17,18). The van der Waals surface area contributed by atoms with Crippen LogP contribution in [-0.2, 0) is 11.3 Å². The average molecular weight is 282 g/mol. The maximum atomic E-state index is 10.9. The molecule has 0 atom stereocenters. The number of carbonyl (C=O) groups is 2. The summed E-state index contributed by atoms with van der Waals surface area (Å²) in [7, 11) is 0. The van der Waals surface area contributed by atoms with Gasteiger partial charge in [-0.1, -0.05) is 0 Å². The molecule has 1 aliphatic heterocycles. The molecular weight excluding hydrogens is 264 g/mol. The molecule has 0 aliphatic carbocycles. The average Bonchev–Trinajstić information content (AvgIpc) is 2.80. The zero-order chi connectivity index (χ0) is 13.8. The first-order chi connectivity index (χ1) is 9.04. The lowest BCUT2D eigenvalue weighted by molar-refractivity contribution is -0.119. The molecule has 19 heavy (non-hydrogen) atoms. The first kappa shape index (κ1) is 14.0. The van der Waals surface area contributed by atoms with Gasteiger partial charge in [-0.05, 0) is 44.0 Å². The summed E-state index contributed by atoms with van der Waals surface area (Å²) in [5.74, 6) is -0.675. The number of primary amides is 1. The molecule has 0 aromatic carbocycles. The molecule has 104 valence electrons. The van der Waals surface area contributed by atoms with Crippen molar-refractivity contribution in [1.82, 2.24) is 4.90 Å². The van der Waals surface area contributed by atoms with Crippen molar-refractivity contribution in [2.24, 2.45) is 11.7 Å². The Bertz CT molecular complexity index is 464. The smallest absolute Gasteiger partial charge is 0.345 e. The van der Waals surface area contributed by atoms with E-state index in [0.717, 1.165) is 37.4 Å². The zero-order valence-corrected chi connectivity index (χ0v) is 11.5. The summed E-state index contributed by atoms with van der Waals surface area (Å²) in [6, 6.07) is 3.53. The quantitative estimate of drug-likeness (QED) is 0.858. The molecule has 1 fully saturated rings. The molecule has 2 rings (SSSR count). The zero-order valence-electron chi connectivity index (χ0n) is 10.7. The molecule has 6 heteroatoms. The Balaban J connectivity index is 1.81. The van der Waals surface area contributed by atoms with E-state index in [2.05, 4.69) is 4.90 Å². The molecule has 0 spiro atoms. The minimum absolute atomic E-state index is 0.220. The molecule has 2 heterocycles. The number of likely N-dealkylation sites (tertiary alicyclic amines) is 1. The Morgan fingerprint density at radius 1 is 1.37 bits per heavy atom. The van der Waals surface area contributed by atoms with Gasteiger partial charge in [-0.3, -0.25) is 9.69 Å². The van der Waals surface area contributed by atoms with Crippen molar-refractivity contribution in [1.29, 1.82) is 0 Å². The van der Waals surface area contributed by atoms with Crippen LogP contribution < -0.4 is 5.73 Å². The van der Waals surface area contributed by atoms with E-state index in [1.54, 1.807) is 6.07 Å². The lowest BCUT2D eigenvalue weighted by atomic mass is 9.93. The van der Waals surface area contributed by atoms with Crippen LogP contribution in [-0.4, -0.2) is 35.0 Å². The predicted octanol–water partition coefficient (Wildman–Crippen LogP) is 1.53. The summed E-state index contributed by atoms with van der Waals surface area (Å²) in [4.78, 5) is 25.4. The van der Waals surface area contributed by atoms with E-state index in [1.807, 2.05) is 6.07 Å². The summed E-state index contributed by atoms with van der Waals surface area (Å²) < 4.78 is 0. The monoisotopic (exact) mass is 282 g/mol. The highest BCUT2D eigenvalue weighted by Crippen LogP contribution is 2.24. The van der Waals surface area contributed by atoms with Crippen LogP contribution in [0, 0.1) is 5.92 Å². The molecule has 1 aromatic rings. The number of aromatic carboxylic acids is 1. The summed E-state index contributed by atoms with van der Waals surface area (Å²) in [6.45, 7) is 2.68. The van der Waals surface area contributed by atoms with Gasteiger partial charge >= 0.3 is 5.97 Å². The van der Waals surface area contributed by atoms with Crippen LogP contribution in [0.1, 0.15) is 33.8 Å². The molecular formula is C13H18N2O3S. The maximum absolute atomic E-state index is 10.9. The van der Waals surface area contributed by atoms with Crippen LogP contribution in [0.4, 0.5) is 0 Å². The summed E-state index contributed by atoms with van der Waals surface area (Å²) in [5.41, 5.74) is 5.21. The highest BCUT2D eigenvalue weighted by atomic mass is 32.1. The Morgan fingerprint density at radius 3 is 2.58 bits per heavy atom. The van der Waals surface area contributed by atoms with Crippen LogP contribution in [0.3, 0.4) is 0 Å². The van der Waals surface area contributed by atoms with Gasteiger partial charge in [0, 0.05) is 17.8 Å². The van der Waals surface area contributed by atoms with E-state index in [4.69, 9.17) is 10.8 Å². The van der Waals surface area contributed by atoms with E-state index >= 15 is 0 Å². The molecule has 3 N–H and O–H groups in total. The number of nitrogens with two attached hydrogens (primary N) is 1. The van der Waals surface area contributed by atoms with Crippen LogP contribution in [0.5, 0.6) is 0 Å².